The van der Waals surface area contributed by atoms with Gasteiger partial charge in [-0.3, -0.25) is 15.0 Å². The number of methoxy groups -OCH3 is 1. The number of aromatic nitrogens is 1. The summed E-state index contributed by atoms with van der Waals surface area (Å²) in [5, 5.41) is 10.3. The van der Waals surface area contributed by atoms with Gasteiger partial charge in [-0.2, -0.15) is 0 Å². The number of thioether (sulfide) groups is 1. The molecule has 1 saturated heterocycles. The number of pyridine rings is 1. The smallest absolute Gasteiger partial charge is 0.249 e. The first kappa shape index (κ1) is 28.6. The number of carbonyl (C=O) groups excluding carboxylic acids is 1. The number of nitrogens with zero attached hydrogens (tertiary/aromatic N) is 2. The summed E-state index contributed by atoms with van der Waals surface area (Å²) in [6, 6.07) is 13.8. The number of ether oxygens (including phenoxy) is 1. The molecule has 1 aliphatic rings. The number of amides is 1. The van der Waals surface area contributed by atoms with Crippen molar-refractivity contribution in [3.63, 3.8) is 0 Å². The SMILES string of the molecule is COc1ccc2ncc(Cl)c([C@H](F)CCC3(C(=O)NO)CCN(CCCSc4cccc(C)c4)CC3)c2c1. The molecule has 0 saturated carbocycles. The lowest BCUT2D eigenvalue weighted by Gasteiger charge is -2.40. The van der Waals surface area contributed by atoms with Crippen LogP contribution in [0.4, 0.5) is 4.39 Å². The number of hydrogen-bond acceptors (Lipinski definition) is 6. The molecule has 2 aromatic carbocycles. The summed E-state index contributed by atoms with van der Waals surface area (Å²) in [6.07, 6.45) is 2.66. The van der Waals surface area contributed by atoms with Gasteiger partial charge in [0.1, 0.15) is 11.9 Å². The number of likely N-dealkylation sites (tertiary alicyclic amines) is 1. The first-order valence-corrected chi connectivity index (χ1v) is 14.3. The van der Waals surface area contributed by atoms with Gasteiger partial charge in [0.05, 0.1) is 23.1 Å². The predicted molar refractivity (Wildman–Crippen MR) is 151 cm³/mol. The molecule has 0 spiro atoms. The molecular formula is C29H35ClFN3O3S. The quantitative estimate of drug-likeness (QED) is 0.117. The van der Waals surface area contributed by atoms with Gasteiger partial charge in [0.25, 0.3) is 0 Å². The van der Waals surface area contributed by atoms with Crippen molar-refractivity contribution in [3.05, 3.63) is 64.8 Å². The summed E-state index contributed by atoms with van der Waals surface area (Å²) in [4.78, 5) is 20.7. The molecule has 1 fully saturated rings. The highest BCUT2D eigenvalue weighted by atomic mass is 35.5. The van der Waals surface area contributed by atoms with E-state index in [2.05, 4.69) is 41.1 Å². The van der Waals surface area contributed by atoms with Crippen molar-refractivity contribution in [2.24, 2.45) is 5.41 Å². The molecule has 1 aliphatic heterocycles. The lowest BCUT2D eigenvalue weighted by Crippen LogP contribution is -2.48. The molecule has 2 N–H and O–H groups in total. The normalized spacial score (nSPS) is 16.3. The number of piperidine rings is 1. The Balaban J connectivity index is 1.35. The van der Waals surface area contributed by atoms with Gasteiger partial charge >= 0.3 is 0 Å². The average Bonchev–Trinajstić information content (AvgIpc) is 2.94. The van der Waals surface area contributed by atoms with Crippen LogP contribution in [0.2, 0.25) is 5.02 Å². The number of rotatable bonds is 11. The topological polar surface area (TPSA) is 74.7 Å². The summed E-state index contributed by atoms with van der Waals surface area (Å²) in [5.74, 6) is 1.18. The number of halogens is 2. The zero-order valence-electron chi connectivity index (χ0n) is 21.9. The highest BCUT2D eigenvalue weighted by Gasteiger charge is 2.41. The third-order valence-corrected chi connectivity index (χ3v) is 8.91. The third kappa shape index (κ3) is 6.78. The molecule has 6 nitrogen and oxygen atoms in total. The van der Waals surface area contributed by atoms with Crippen LogP contribution < -0.4 is 10.2 Å². The number of carbonyl (C=O) groups is 1. The van der Waals surface area contributed by atoms with E-state index in [0.717, 1.165) is 31.8 Å². The minimum atomic E-state index is -1.39. The Morgan fingerprint density at radius 1 is 1.29 bits per heavy atom. The van der Waals surface area contributed by atoms with Crippen LogP contribution in [0.5, 0.6) is 5.75 Å². The van der Waals surface area contributed by atoms with Gasteiger partial charge in [0.15, 0.2) is 0 Å². The van der Waals surface area contributed by atoms with Crippen LogP contribution >= 0.6 is 23.4 Å². The molecule has 1 amide bonds. The highest BCUT2D eigenvalue weighted by molar-refractivity contribution is 7.99. The Bertz CT molecular complexity index is 1250. The lowest BCUT2D eigenvalue weighted by molar-refractivity contribution is -0.143. The van der Waals surface area contributed by atoms with Crippen LogP contribution in [-0.2, 0) is 4.79 Å². The van der Waals surface area contributed by atoms with Gasteiger partial charge in [-0.25, -0.2) is 9.87 Å². The summed E-state index contributed by atoms with van der Waals surface area (Å²) in [6.45, 7) is 4.51. The van der Waals surface area contributed by atoms with Crippen LogP contribution in [0.15, 0.2) is 53.6 Å². The van der Waals surface area contributed by atoms with Crippen LogP contribution in [0.1, 0.15) is 49.4 Å². The molecule has 0 aliphatic carbocycles. The largest absolute Gasteiger partial charge is 0.497 e. The van der Waals surface area contributed by atoms with Crippen molar-refractivity contribution in [3.8, 4) is 5.75 Å². The minimum absolute atomic E-state index is 0.108. The monoisotopic (exact) mass is 559 g/mol. The second-order valence-corrected chi connectivity index (χ2v) is 11.6. The molecule has 0 radical (unpaired) electrons. The summed E-state index contributed by atoms with van der Waals surface area (Å²) < 4.78 is 21.0. The molecule has 204 valence electrons. The highest BCUT2D eigenvalue weighted by Crippen LogP contribution is 2.42. The van der Waals surface area contributed by atoms with Crippen LogP contribution in [0, 0.1) is 12.3 Å². The summed E-state index contributed by atoms with van der Waals surface area (Å²) in [7, 11) is 1.55. The van der Waals surface area contributed by atoms with Crippen molar-refractivity contribution in [1.82, 2.24) is 15.4 Å². The van der Waals surface area contributed by atoms with E-state index in [9.17, 15) is 10.0 Å². The number of benzene rings is 2. The molecule has 9 heteroatoms. The number of hydroxylamine groups is 1. The molecule has 1 aromatic heterocycles. The van der Waals surface area contributed by atoms with Gasteiger partial charge in [0, 0.05) is 22.0 Å². The fourth-order valence-corrected chi connectivity index (χ4v) is 6.48. The van der Waals surface area contributed by atoms with Gasteiger partial charge in [-0.05, 0) is 94.7 Å². The maximum Gasteiger partial charge on any atom is 0.249 e. The Morgan fingerprint density at radius 2 is 2.08 bits per heavy atom. The van der Waals surface area contributed by atoms with Crippen molar-refractivity contribution in [2.45, 2.75) is 50.1 Å². The molecule has 0 unspecified atom stereocenters. The van der Waals surface area contributed by atoms with E-state index in [1.807, 2.05) is 17.2 Å². The number of nitrogens with one attached hydrogen (secondary N) is 1. The molecule has 1 atom stereocenters. The van der Waals surface area contributed by atoms with E-state index in [1.165, 1.54) is 16.7 Å². The van der Waals surface area contributed by atoms with Crippen molar-refractivity contribution in [2.75, 3.05) is 32.5 Å². The van der Waals surface area contributed by atoms with Gasteiger partial charge in [-0.1, -0.05) is 29.3 Å². The molecule has 4 rings (SSSR count). The van der Waals surface area contributed by atoms with Crippen LogP contribution in [0.3, 0.4) is 0 Å². The molecule has 0 bridgehead atoms. The first-order chi connectivity index (χ1) is 18.3. The van der Waals surface area contributed by atoms with Crippen LogP contribution in [-0.4, -0.2) is 53.5 Å². The van der Waals surface area contributed by atoms with E-state index in [-0.39, 0.29) is 11.4 Å². The zero-order valence-corrected chi connectivity index (χ0v) is 23.5. The van der Waals surface area contributed by atoms with E-state index in [0.29, 0.717) is 41.5 Å². The maximum atomic E-state index is 15.7. The Hall–Kier alpha value is -2.39. The van der Waals surface area contributed by atoms with Gasteiger partial charge in [0.2, 0.25) is 5.91 Å². The molecule has 38 heavy (non-hydrogen) atoms. The maximum absolute atomic E-state index is 15.7. The van der Waals surface area contributed by atoms with Gasteiger partial charge in [-0.15, -0.1) is 11.8 Å². The van der Waals surface area contributed by atoms with E-state index in [1.54, 1.807) is 25.3 Å². The number of fused-ring (bicyclic) bond motifs is 1. The number of hydrogen-bond donors (Lipinski definition) is 2. The van der Waals surface area contributed by atoms with Crippen molar-refractivity contribution >= 4 is 40.2 Å². The van der Waals surface area contributed by atoms with Crippen LogP contribution in [0.25, 0.3) is 10.9 Å². The minimum Gasteiger partial charge on any atom is -0.497 e. The second kappa shape index (κ2) is 13.1. The predicted octanol–water partition coefficient (Wildman–Crippen LogP) is 6.77. The van der Waals surface area contributed by atoms with Crippen molar-refractivity contribution < 1.29 is 19.1 Å². The number of alkyl halides is 1. The third-order valence-electron chi connectivity index (χ3n) is 7.53. The van der Waals surface area contributed by atoms with Crippen molar-refractivity contribution in [1.29, 1.82) is 0 Å². The standard InChI is InChI=1S/C29H35ClFN3O3S/c1-20-5-3-6-22(17-20)38-16-4-13-34-14-11-29(12-15-34,28(35)33-36)10-9-25(31)27-23-18-21(37-2)7-8-26(23)32-19-24(27)30/h3,5-8,17-19,25,36H,4,9-16H2,1-2H3,(H,33,35)/t25-/m1/s1. The molecule has 3 aromatic rings. The molecule has 2 heterocycles. The second-order valence-electron chi connectivity index (χ2n) is 9.99. The molecular weight excluding hydrogens is 525 g/mol. The average molecular weight is 560 g/mol. The summed E-state index contributed by atoms with van der Waals surface area (Å²) in [5.41, 5.74) is 3.28. The Morgan fingerprint density at radius 3 is 2.79 bits per heavy atom. The summed E-state index contributed by atoms with van der Waals surface area (Å²) >= 11 is 8.25. The fourth-order valence-electron chi connectivity index (χ4n) is 5.26. The van der Waals surface area contributed by atoms with E-state index >= 15 is 4.39 Å². The zero-order chi connectivity index (χ0) is 27.1. The van der Waals surface area contributed by atoms with E-state index < -0.39 is 17.5 Å². The first-order valence-electron chi connectivity index (χ1n) is 13.0. The van der Waals surface area contributed by atoms with Gasteiger partial charge < -0.3 is 9.64 Å². The lowest BCUT2D eigenvalue weighted by atomic mass is 9.73. The Kier molecular flexibility index (Phi) is 9.87. The Labute approximate surface area is 232 Å². The number of aryl methyl sites for hydroxylation is 1. The fraction of sp³-hybridized carbons (Fsp3) is 0.448. The van der Waals surface area contributed by atoms with E-state index in [4.69, 9.17) is 16.3 Å².